The van der Waals surface area contributed by atoms with Crippen molar-refractivity contribution in [1.82, 2.24) is 29.1 Å². The first-order valence-corrected chi connectivity index (χ1v) is 15.3. The van der Waals surface area contributed by atoms with Crippen molar-refractivity contribution >= 4 is 43.9 Å². The molecule has 0 fully saturated rings. The number of benzene rings is 2. The molecule has 0 saturated carbocycles. The van der Waals surface area contributed by atoms with Crippen molar-refractivity contribution in [3.8, 4) is 23.1 Å². The highest BCUT2D eigenvalue weighted by Gasteiger charge is 2.18. The van der Waals surface area contributed by atoms with E-state index in [-0.39, 0.29) is 0 Å². The Labute approximate surface area is 260 Å². The summed E-state index contributed by atoms with van der Waals surface area (Å²) in [5, 5.41) is 4.34. The molecule has 220 valence electrons. The predicted octanol–water partition coefficient (Wildman–Crippen LogP) is 9.50. The maximum atomic E-state index is 6.58. The quantitative estimate of drug-likeness (QED) is 0.193. The maximum Gasteiger partial charge on any atom is 0.146 e. The van der Waals surface area contributed by atoms with Crippen molar-refractivity contribution in [2.45, 2.75) is 39.5 Å². The summed E-state index contributed by atoms with van der Waals surface area (Å²) in [6, 6.07) is 29.0. The smallest absolute Gasteiger partial charge is 0.146 e. The molecule has 2 aromatic carbocycles. The lowest BCUT2D eigenvalue weighted by atomic mass is 10.1. The average molecular weight is 589 g/mol. The van der Waals surface area contributed by atoms with E-state index in [1.54, 1.807) is 0 Å². The van der Waals surface area contributed by atoms with Crippen molar-refractivity contribution < 1.29 is 4.74 Å². The molecule has 0 aliphatic carbocycles. The second kappa shape index (κ2) is 10.6. The predicted molar refractivity (Wildman–Crippen MR) is 181 cm³/mol. The fourth-order valence-electron chi connectivity index (χ4n) is 6.21. The normalized spacial score (nSPS) is 12.0. The summed E-state index contributed by atoms with van der Waals surface area (Å²) in [7, 11) is 0. The average Bonchev–Trinajstić information content (AvgIpc) is 3.57. The third-order valence-corrected chi connectivity index (χ3v) is 8.56. The van der Waals surface area contributed by atoms with Crippen LogP contribution in [-0.4, -0.2) is 29.1 Å². The van der Waals surface area contributed by atoms with Gasteiger partial charge in [-0.25, -0.2) is 19.9 Å². The van der Waals surface area contributed by atoms with Gasteiger partial charge in [-0.3, -0.25) is 9.13 Å². The summed E-state index contributed by atoms with van der Waals surface area (Å²) in [6.45, 7) is 8.77. The first kappa shape index (κ1) is 27.0. The van der Waals surface area contributed by atoms with Gasteiger partial charge in [-0.15, -0.1) is 0 Å². The fraction of sp³-hybridized carbons (Fsp3) is 0.158. The summed E-state index contributed by atoms with van der Waals surface area (Å²) >= 11 is 0. The summed E-state index contributed by atoms with van der Waals surface area (Å²) < 4.78 is 10.8. The first-order valence-electron chi connectivity index (χ1n) is 15.3. The molecular weight excluding hydrogens is 556 g/mol. The molecule has 7 nitrogen and oxygen atoms in total. The zero-order chi connectivity index (χ0) is 30.7. The fourth-order valence-corrected chi connectivity index (χ4v) is 6.21. The van der Waals surface area contributed by atoms with Gasteiger partial charge in [0.15, 0.2) is 0 Å². The molecule has 8 rings (SSSR count). The van der Waals surface area contributed by atoms with Crippen LogP contribution in [0.15, 0.2) is 110 Å². The van der Waals surface area contributed by atoms with E-state index in [1.165, 1.54) is 11.1 Å². The lowest BCUT2D eigenvalue weighted by Gasteiger charge is -2.12. The number of ether oxygens (including phenoxy) is 1. The largest absolute Gasteiger partial charge is 0.457 e. The number of rotatable bonds is 6. The molecule has 0 unspecified atom stereocenters. The molecule has 0 aliphatic rings. The molecule has 6 aromatic heterocycles. The highest BCUT2D eigenvalue weighted by Crippen LogP contribution is 2.37. The Kier molecular flexibility index (Phi) is 6.34. The Morgan fingerprint density at radius 3 is 1.40 bits per heavy atom. The Morgan fingerprint density at radius 1 is 0.489 bits per heavy atom. The van der Waals surface area contributed by atoms with Gasteiger partial charge in [0.25, 0.3) is 0 Å². The van der Waals surface area contributed by atoms with Crippen LogP contribution < -0.4 is 4.74 Å². The maximum absolute atomic E-state index is 6.58. The number of fused-ring (bicyclic) bond motifs is 6. The molecule has 0 saturated heterocycles. The van der Waals surface area contributed by atoms with Gasteiger partial charge < -0.3 is 4.74 Å². The van der Waals surface area contributed by atoms with Crippen LogP contribution in [0.3, 0.4) is 0 Å². The number of nitrogens with zero attached hydrogens (tertiary/aromatic N) is 6. The van der Waals surface area contributed by atoms with Crippen molar-refractivity contribution in [3.05, 3.63) is 121 Å². The van der Waals surface area contributed by atoms with Gasteiger partial charge in [0.05, 0.1) is 11.0 Å². The molecule has 0 atom stereocenters. The van der Waals surface area contributed by atoms with Crippen LogP contribution in [0.25, 0.3) is 55.5 Å². The van der Waals surface area contributed by atoms with E-state index in [0.29, 0.717) is 11.8 Å². The SMILES string of the molecule is CC(C)c1ccnc(-n2c3cc(Oc4ccc5c6cccnc6n(-c6cc(C(C)C)ccn6)c5c4)ccc3c3cccnc32)c1. The van der Waals surface area contributed by atoms with Crippen molar-refractivity contribution in [2.75, 3.05) is 0 Å². The third-order valence-electron chi connectivity index (χ3n) is 8.56. The van der Waals surface area contributed by atoms with Crippen LogP contribution in [0.5, 0.6) is 11.5 Å². The van der Waals surface area contributed by atoms with Gasteiger partial charge in [-0.2, -0.15) is 0 Å². The van der Waals surface area contributed by atoms with Gasteiger partial charge in [-0.1, -0.05) is 27.7 Å². The number of hydrogen-bond donors (Lipinski definition) is 0. The standard InChI is InChI=1S/C38H32N6O/c1-23(2)25-13-17-39-35(19-25)43-33-21-27(9-11-29(33)31-7-5-15-41-37(31)43)45-28-10-12-30-32-8-6-16-42-38(32)44(34(30)22-28)36-20-26(24(3)4)14-18-40-36/h5-24H,1-4H3. The van der Waals surface area contributed by atoms with Gasteiger partial charge in [0.2, 0.25) is 0 Å². The second-order valence-corrected chi connectivity index (χ2v) is 12.1. The highest BCUT2D eigenvalue weighted by atomic mass is 16.5. The number of hydrogen-bond acceptors (Lipinski definition) is 5. The summed E-state index contributed by atoms with van der Waals surface area (Å²) in [5.74, 6) is 3.91. The molecule has 6 heterocycles. The third kappa shape index (κ3) is 4.51. The number of pyridine rings is 4. The Balaban J connectivity index is 1.27. The molecule has 0 bridgehead atoms. The zero-order valence-electron chi connectivity index (χ0n) is 25.6. The van der Waals surface area contributed by atoms with Crippen molar-refractivity contribution in [2.24, 2.45) is 0 Å². The summed E-state index contributed by atoms with van der Waals surface area (Å²) in [6.07, 6.45) is 7.41. The molecular formula is C38H32N6O. The van der Waals surface area contributed by atoms with E-state index in [2.05, 4.69) is 97.5 Å². The summed E-state index contributed by atoms with van der Waals surface area (Å²) in [5.41, 5.74) is 6.17. The minimum atomic E-state index is 0.385. The monoisotopic (exact) mass is 588 g/mol. The van der Waals surface area contributed by atoms with Crippen LogP contribution in [0, 0.1) is 0 Å². The van der Waals surface area contributed by atoms with Crippen molar-refractivity contribution in [3.63, 3.8) is 0 Å². The van der Waals surface area contributed by atoms with E-state index in [0.717, 1.165) is 67.0 Å². The van der Waals surface area contributed by atoms with E-state index in [1.807, 2.05) is 49.1 Å². The van der Waals surface area contributed by atoms with Gasteiger partial charge in [-0.05, 0) is 95.8 Å². The van der Waals surface area contributed by atoms with E-state index in [4.69, 9.17) is 24.7 Å². The summed E-state index contributed by atoms with van der Waals surface area (Å²) in [4.78, 5) is 19.0. The van der Waals surface area contributed by atoms with Crippen LogP contribution in [0.2, 0.25) is 0 Å². The molecule has 0 amide bonds. The van der Waals surface area contributed by atoms with Crippen LogP contribution >= 0.6 is 0 Å². The minimum Gasteiger partial charge on any atom is -0.457 e. The van der Waals surface area contributed by atoms with Crippen LogP contribution in [0.1, 0.15) is 50.7 Å². The van der Waals surface area contributed by atoms with Gasteiger partial charge >= 0.3 is 0 Å². The molecule has 0 radical (unpaired) electrons. The van der Waals surface area contributed by atoms with Gasteiger partial charge in [0.1, 0.15) is 34.4 Å². The molecule has 45 heavy (non-hydrogen) atoms. The molecule has 0 N–H and O–H groups in total. The second-order valence-electron chi connectivity index (χ2n) is 12.1. The van der Waals surface area contributed by atoms with Gasteiger partial charge in [0, 0.05) is 58.5 Å². The number of aromatic nitrogens is 6. The lowest BCUT2D eigenvalue weighted by Crippen LogP contribution is -2.01. The Bertz CT molecular complexity index is 2220. The van der Waals surface area contributed by atoms with Crippen LogP contribution in [0.4, 0.5) is 0 Å². The first-order chi connectivity index (χ1) is 22.0. The molecule has 7 heteroatoms. The van der Waals surface area contributed by atoms with E-state index in [9.17, 15) is 0 Å². The topological polar surface area (TPSA) is 70.7 Å². The van der Waals surface area contributed by atoms with E-state index >= 15 is 0 Å². The Morgan fingerprint density at radius 2 is 0.956 bits per heavy atom. The molecule has 0 spiro atoms. The lowest BCUT2D eigenvalue weighted by molar-refractivity contribution is 0.484. The van der Waals surface area contributed by atoms with Crippen molar-refractivity contribution in [1.29, 1.82) is 0 Å². The van der Waals surface area contributed by atoms with Crippen LogP contribution in [-0.2, 0) is 0 Å². The highest BCUT2D eigenvalue weighted by molar-refractivity contribution is 6.09. The Hall–Kier alpha value is -5.56. The van der Waals surface area contributed by atoms with E-state index < -0.39 is 0 Å². The zero-order valence-corrected chi connectivity index (χ0v) is 25.6. The minimum absolute atomic E-state index is 0.385. The molecule has 8 aromatic rings. The molecule has 0 aliphatic heterocycles.